The van der Waals surface area contributed by atoms with Crippen LogP contribution in [0.25, 0.3) is 11.3 Å². The number of benzene rings is 1. The summed E-state index contributed by atoms with van der Waals surface area (Å²) in [5.41, 5.74) is 5.05. The van der Waals surface area contributed by atoms with E-state index >= 15 is 0 Å². The number of aryl methyl sites for hydroxylation is 2. The monoisotopic (exact) mass is 334 g/mol. The molecule has 25 heavy (non-hydrogen) atoms. The maximum atomic E-state index is 12.3. The van der Waals surface area contributed by atoms with Crippen molar-refractivity contribution in [2.45, 2.75) is 19.9 Å². The number of hydrogen-bond acceptors (Lipinski definition) is 4. The van der Waals surface area contributed by atoms with E-state index in [1.807, 2.05) is 56.3 Å². The Hall–Kier alpha value is -3.15. The minimum absolute atomic E-state index is 0.145. The Bertz CT molecular complexity index is 930. The molecule has 2 aromatic heterocycles. The van der Waals surface area contributed by atoms with Crippen molar-refractivity contribution in [2.24, 2.45) is 0 Å². The molecule has 4 rings (SSSR count). The van der Waals surface area contributed by atoms with E-state index in [1.165, 1.54) is 0 Å². The zero-order valence-electron chi connectivity index (χ0n) is 14.3. The molecule has 126 valence electrons. The molecule has 0 aliphatic carbocycles. The lowest BCUT2D eigenvalue weighted by Gasteiger charge is -2.34. The molecule has 0 bridgehead atoms. The molecule has 1 N–H and O–H groups in total. The summed E-state index contributed by atoms with van der Waals surface area (Å²) in [6.45, 7) is 3.77. The molecule has 1 atom stereocenters. The van der Waals surface area contributed by atoms with E-state index in [2.05, 4.69) is 10.5 Å². The number of fused-ring (bicyclic) bond motifs is 1. The Labute approximate surface area is 145 Å². The smallest absolute Gasteiger partial charge is 0.322 e. The van der Waals surface area contributed by atoms with E-state index < -0.39 is 0 Å². The van der Waals surface area contributed by atoms with E-state index in [9.17, 15) is 4.79 Å². The van der Waals surface area contributed by atoms with Gasteiger partial charge in [-0.05, 0) is 31.5 Å². The molecule has 3 heterocycles. The second-order valence-electron chi connectivity index (χ2n) is 6.18. The van der Waals surface area contributed by atoms with Gasteiger partial charge in [0.2, 0.25) is 0 Å². The number of carbonyl (C=O) groups excluding carboxylic acids is 1. The number of aromatic nitrogens is 2. The van der Waals surface area contributed by atoms with E-state index in [0.717, 1.165) is 39.7 Å². The fourth-order valence-electron chi connectivity index (χ4n) is 3.30. The third-order valence-corrected chi connectivity index (χ3v) is 4.54. The number of carbonyl (C=O) groups is 1. The zero-order chi connectivity index (χ0) is 17.6. The molecule has 1 aliphatic rings. The summed E-state index contributed by atoms with van der Waals surface area (Å²) in [5, 5.41) is 6.91. The number of rotatable bonds is 2. The molecule has 0 saturated heterocycles. The number of hydrogen-bond donors (Lipinski definition) is 1. The Balaban J connectivity index is 1.90. The number of anilines is 1. The highest BCUT2D eigenvalue weighted by atomic mass is 16.5. The predicted molar refractivity (Wildman–Crippen MR) is 94.3 cm³/mol. The van der Waals surface area contributed by atoms with Crippen molar-refractivity contribution in [3.63, 3.8) is 0 Å². The van der Waals surface area contributed by atoms with Crippen molar-refractivity contribution in [3.8, 4) is 11.3 Å². The standard InChI is InChI=1S/C19H18N4O2/c1-11-16(12(2)25-22-11)14-9-10-15-17(20-14)18(23(3)19(24)21-15)13-7-5-4-6-8-13/h4-10,18H,1-3H3,(H,21,24). The van der Waals surface area contributed by atoms with Crippen molar-refractivity contribution in [1.82, 2.24) is 15.0 Å². The number of nitrogens with one attached hydrogen (secondary N) is 1. The molecule has 0 radical (unpaired) electrons. The Kier molecular flexibility index (Phi) is 3.53. The van der Waals surface area contributed by atoms with Gasteiger partial charge in [-0.25, -0.2) is 9.78 Å². The van der Waals surface area contributed by atoms with Crippen LogP contribution < -0.4 is 5.32 Å². The van der Waals surface area contributed by atoms with Gasteiger partial charge in [0.15, 0.2) is 0 Å². The van der Waals surface area contributed by atoms with Gasteiger partial charge in [0.1, 0.15) is 11.8 Å². The van der Waals surface area contributed by atoms with Crippen LogP contribution in [0.2, 0.25) is 0 Å². The fraction of sp³-hybridized carbons (Fsp3) is 0.211. The van der Waals surface area contributed by atoms with Crippen molar-refractivity contribution in [2.75, 3.05) is 12.4 Å². The Morgan fingerprint density at radius 1 is 1.12 bits per heavy atom. The molecule has 2 amide bonds. The first kappa shape index (κ1) is 15.4. The van der Waals surface area contributed by atoms with Gasteiger partial charge in [-0.2, -0.15) is 0 Å². The lowest BCUT2D eigenvalue weighted by molar-refractivity contribution is 0.208. The summed E-state index contributed by atoms with van der Waals surface area (Å²) in [4.78, 5) is 18.9. The van der Waals surface area contributed by atoms with Gasteiger partial charge in [0, 0.05) is 7.05 Å². The van der Waals surface area contributed by atoms with Gasteiger partial charge < -0.3 is 14.7 Å². The van der Waals surface area contributed by atoms with Crippen LogP contribution in [-0.2, 0) is 0 Å². The molecule has 1 aromatic carbocycles. The van der Waals surface area contributed by atoms with Gasteiger partial charge >= 0.3 is 6.03 Å². The molecule has 1 aliphatic heterocycles. The number of urea groups is 1. The molecule has 6 nitrogen and oxygen atoms in total. The van der Waals surface area contributed by atoms with Crippen LogP contribution in [0.4, 0.5) is 10.5 Å². The van der Waals surface area contributed by atoms with Crippen molar-refractivity contribution in [1.29, 1.82) is 0 Å². The summed E-state index contributed by atoms with van der Waals surface area (Å²) in [6.07, 6.45) is 0. The summed E-state index contributed by atoms with van der Waals surface area (Å²) in [6, 6.07) is 13.3. The molecule has 1 unspecified atom stereocenters. The summed E-state index contributed by atoms with van der Waals surface area (Å²) in [5.74, 6) is 0.731. The van der Waals surface area contributed by atoms with Crippen molar-refractivity contribution >= 4 is 11.7 Å². The van der Waals surface area contributed by atoms with Crippen molar-refractivity contribution in [3.05, 3.63) is 65.2 Å². The van der Waals surface area contributed by atoms with Gasteiger partial charge in [-0.15, -0.1) is 0 Å². The van der Waals surface area contributed by atoms with Crippen LogP contribution in [0.5, 0.6) is 0 Å². The number of amides is 2. The molecular weight excluding hydrogens is 316 g/mol. The largest absolute Gasteiger partial charge is 0.361 e. The van der Waals surface area contributed by atoms with E-state index in [4.69, 9.17) is 9.51 Å². The van der Waals surface area contributed by atoms with E-state index in [1.54, 1.807) is 11.9 Å². The molecular formula is C19H18N4O2. The van der Waals surface area contributed by atoms with E-state index in [0.29, 0.717) is 0 Å². The van der Waals surface area contributed by atoms with Gasteiger partial charge in [0.25, 0.3) is 0 Å². The van der Waals surface area contributed by atoms with E-state index in [-0.39, 0.29) is 12.1 Å². The van der Waals surface area contributed by atoms with Crippen LogP contribution in [-0.4, -0.2) is 28.1 Å². The average molecular weight is 334 g/mol. The zero-order valence-corrected chi connectivity index (χ0v) is 14.3. The van der Waals surface area contributed by atoms with Crippen LogP contribution in [0.1, 0.15) is 28.8 Å². The number of pyridine rings is 1. The maximum Gasteiger partial charge on any atom is 0.322 e. The van der Waals surface area contributed by atoms with Crippen LogP contribution in [0, 0.1) is 13.8 Å². The highest BCUT2D eigenvalue weighted by Crippen LogP contribution is 2.37. The molecule has 0 spiro atoms. The molecule has 0 saturated carbocycles. The molecule has 3 aromatic rings. The third kappa shape index (κ3) is 2.46. The lowest BCUT2D eigenvalue weighted by atomic mass is 9.98. The van der Waals surface area contributed by atoms with Gasteiger partial charge in [-0.1, -0.05) is 35.5 Å². The molecule has 6 heteroatoms. The van der Waals surface area contributed by atoms with Gasteiger partial charge in [0.05, 0.1) is 28.3 Å². The van der Waals surface area contributed by atoms with Crippen LogP contribution in [0.3, 0.4) is 0 Å². The second kappa shape index (κ2) is 5.73. The van der Waals surface area contributed by atoms with Crippen molar-refractivity contribution < 1.29 is 9.32 Å². The lowest BCUT2D eigenvalue weighted by Crippen LogP contribution is -2.40. The average Bonchev–Trinajstić information content (AvgIpc) is 2.95. The first-order chi connectivity index (χ1) is 12.1. The van der Waals surface area contributed by atoms with Crippen LogP contribution >= 0.6 is 0 Å². The first-order valence-electron chi connectivity index (χ1n) is 8.09. The maximum absolute atomic E-state index is 12.3. The minimum atomic E-state index is -0.245. The fourth-order valence-corrected chi connectivity index (χ4v) is 3.30. The normalized spacial score (nSPS) is 16.5. The SMILES string of the molecule is Cc1noc(C)c1-c1ccc2c(n1)C(c1ccccc1)N(C)C(=O)N2. The third-order valence-electron chi connectivity index (χ3n) is 4.54. The second-order valence-corrected chi connectivity index (χ2v) is 6.18. The highest BCUT2D eigenvalue weighted by Gasteiger charge is 2.32. The summed E-state index contributed by atoms with van der Waals surface area (Å²) >= 11 is 0. The molecule has 0 fully saturated rings. The summed E-state index contributed by atoms with van der Waals surface area (Å²) in [7, 11) is 1.78. The summed E-state index contributed by atoms with van der Waals surface area (Å²) < 4.78 is 5.27. The highest BCUT2D eigenvalue weighted by molar-refractivity contribution is 5.93. The number of nitrogens with zero attached hydrogens (tertiary/aromatic N) is 3. The van der Waals surface area contributed by atoms with Gasteiger partial charge in [-0.3, -0.25) is 0 Å². The minimum Gasteiger partial charge on any atom is -0.361 e. The predicted octanol–water partition coefficient (Wildman–Crippen LogP) is 3.92. The topological polar surface area (TPSA) is 71.3 Å². The first-order valence-corrected chi connectivity index (χ1v) is 8.09. The Morgan fingerprint density at radius 2 is 1.88 bits per heavy atom. The quantitative estimate of drug-likeness (QED) is 0.771. The Morgan fingerprint density at radius 3 is 2.56 bits per heavy atom. The van der Waals surface area contributed by atoms with Crippen LogP contribution in [0.15, 0.2) is 47.0 Å².